The summed E-state index contributed by atoms with van der Waals surface area (Å²) in [6.07, 6.45) is 2.65. The van der Waals surface area contributed by atoms with Crippen molar-refractivity contribution in [1.82, 2.24) is 0 Å². The summed E-state index contributed by atoms with van der Waals surface area (Å²) in [7, 11) is 0. The summed E-state index contributed by atoms with van der Waals surface area (Å²) in [5.41, 5.74) is 0.0394. The minimum absolute atomic E-state index is 0.0394. The van der Waals surface area contributed by atoms with Gasteiger partial charge in [0.05, 0.1) is 0 Å². The Balaban J connectivity index is 2.61. The van der Waals surface area contributed by atoms with E-state index in [9.17, 15) is 8.78 Å². The maximum absolute atomic E-state index is 12.9. The van der Waals surface area contributed by atoms with Crippen LogP contribution in [0.3, 0.4) is 0 Å². The van der Waals surface area contributed by atoms with E-state index in [-0.39, 0.29) is 11.4 Å². The maximum atomic E-state index is 12.9. The summed E-state index contributed by atoms with van der Waals surface area (Å²) in [6.45, 7) is 0. The molecule has 12 heavy (non-hydrogen) atoms. The average Bonchev–Trinajstić information content (AvgIpc) is 2.12. The molecule has 1 aliphatic heterocycles. The number of benzene rings is 1. The topological polar surface area (TPSA) is 21.3 Å². The molecule has 0 aromatic heterocycles. The van der Waals surface area contributed by atoms with Crippen molar-refractivity contribution in [2.75, 3.05) is 5.32 Å². The second kappa shape index (κ2) is 2.48. The molecule has 0 saturated heterocycles. The number of anilines is 1. The summed E-state index contributed by atoms with van der Waals surface area (Å²) < 4.78 is 30.6. The SMILES string of the molecule is Fc1ccc(F)c2c1NC=CO2. The van der Waals surface area contributed by atoms with Gasteiger partial charge in [0.2, 0.25) is 0 Å². The third-order valence-electron chi connectivity index (χ3n) is 1.54. The highest BCUT2D eigenvalue weighted by Gasteiger charge is 2.15. The zero-order valence-corrected chi connectivity index (χ0v) is 5.97. The van der Waals surface area contributed by atoms with Gasteiger partial charge in [0.15, 0.2) is 17.4 Å². The van der Waals surface area contributed by atoms with Crippen LogP contribution in [-0.2, 0) is 0 Å². The molecule has 0 unspecified atom stereocenters. The third kappa shape index (κ3) is 0.922. The van der Waals surface area contributed by atoms with E-state index in [0.29, 0.717) is 0 Å². The van der Waals surface area contributed by atoms with E-state index in [1.165, 1.54) is 12.5 Å². The van der Waals surface area contributed by atoms with Crippen LogP contribution in [-0.4, -0.2) is 0 Å². The normalized spacial score (nSPS) is 13.2. The number of hydrogen-bond donors (Lipinski definition) is 1. The van der Waals surface area contributed by atoms with Crippen molar-refractivity contribution in [2.24, 2.45) is 0 Å². The summed E-state index contributed by atoms with van der Waals surface area (Å²) in [4.78, 5) is 0. The number of ether oxygens (including phenoxy) is 1. The molecule has 4 heteroatoms. The van der Waals surface area contributed by atoms with Crippen LogP contribution in [0.15, 0.2) is 24.6 Å². The molecular formula is C8H5F2NO. The van der Waals surface area contributed by atoms with Crippen molar-refractivity contribution in [3.05, 3.63) is 36.2 Å². The Bertz CT molecular complexity index is 316. The highest BCUT2D eigenvalue weighted by molar-refractivity contribution is 5.61. The van der Waals surface area contributed by atoms with Crippen molar-refractivity contribution in [1.29, 1.82) is 0 Å². The lowest BCUT2D eigenvalue weighted by Gasteiger charge is -2.13. The van der Waals surface area contributed by atoms with Crippen molar-refractivity contribution >= 4 is 5.69 Å². The van der Waals surface area contributed by atoms with Gasteiger partial charge in [-0.05, 0) is 12.1 Å². The molecule has 0 fully saturated rings. The quantitative estimate of drug-likeness (QED) is 0.643. The van der Waals surface area contributed by atoms with E-state index in [0.717, 1.165) is 12.1 Å². The molecular weight excluding hydrogens is 164 g/mol. The molecule has 1 N–H and O–H groups in total. The van der Waals surface area contributed by atoms with Crippen LogP contribution in [0, 0.1) is 11.6 Å². The van der Waals surface area contributed by atoms with E-state index >= 15 is 0 Å². The van der Waals surface area contributed by atoms with Gasteiger partial charge in [0, 0.05) is 6.20 Å². The molecule has 1 aliphatic rings. The highest BCUT2D eigenvalue weighted by atomic mass is 19.1. The predicted octanol–water partition coefficient (Wildman–Crippen LogP) is 2.24. The summed E-state index contributed by atoms with van der Waals surface area (Å²) in [5, 5.41) is 2.55. The smallest absolute Gasteiger partial charge is 0.188 e. The molecule has 1 aromatic rings. The fraction of sp³-hybridized carbons (Fsp3) is 0. The van der Waals surface area contributed by atoms with Crippen LogP contribution in [0.25, 0.3) is 0 Å². The van der Waals surface area contributed by atoms with Crippen LogP contribution < -0.4 is 10.1 Å². The molecule has 2 nitrogen and oxygen atoms in total. The van der Waals surface area contributed by atoms with Crippen molar-refractivity contribution < 1.29 is 13.5 Å². The van der Waals surface area contributed by atoms with E-state index in [1.54, 1.807) is 0 Å². The van der Waals surface area contributed by atoms with Gasteiger partial charge in [0.25, 0.3) is 0 Å². The van der Waals surface area contributed by atoms with E-state index < -0.39 is 11.6 Å². The second-order valence-corrected chi connectivity index (χ2v) is 2.30. The lowest BCUT2D eigenvalue weighted by molar-refractivity contribution is 0.432. The lowest BCUT2D eigenvalue weighted by atomic mass is 10.2. The first kappa shape index (κ1) is 7.09. The molecule has 1 heterocycles. The second-order valence-electron chi connectivity index (χ2n) is 2.30. The Morgan fingerprint density at radius 1 is 1.17 bits per heavy atom. The molecule has 0 atom stereocenters. The Morgan fingerprint density at radius 3 is 2.67 bits per heavy atom. The van der Waals surface area contributed by atoms with E-state index in [1.807, 2.05) is 0 Å². The summed E-state index contributed by atoms with van der Waals surface area (Å²) in [6, 6.07) is 2.07. The minimum atomic E-state index is -0.580. The van der Waals surface area contributed by atoms with E-state index in [2.05, 4.69) is 5.32 Å². The molecule has 0 amide bonds. The molecule has 2 rings (SSSR count). The first-order valence-corrected chi connectivity index (χ1v) is 3.35. The lowest BCUT2D eigenvalue weighted by Crippen LogP contribution is -2.03. The molecule has 0 bridgehead atoms. The van der Waals surface area contributed by atoms with Crippen molar-refractivity contribution in [3.8, 4) is 5.75 Å². The zero-order chi connectivity index (χ0) is 8.55. The van der Waals surface area contributed by atoms with Crippen LogP contribution in [0.2, 0.25) is 0 Å². The Hall–Kier alpha value is -1.58. The number of nitrogens with one attached hydrogen (secondary N) is 1. The van der Waals surface area contributed by atoms with Gasteiger partial charge < -0.3 is 10.1 Å². The fourth-order valence-electron chi connectivity index (χ4n) is 1.00. The van der Waals surface area contributed by atoms with Gasteiger partial charge in [-0.25, -0.2) is 8.78 Å². The van der Waals surface area contributed by atoms with Crippen molar-refractivity contribution in [3.63, 3.8) is 0 Å². The van der Waals surface area contributed by atoms with Crippen LogP contribution in [0.4, 0.5) is 14.5 Å². The first-order chi connectivity index (χ1) is 5.79. The summed E-state index contributed by atoms with van der Waals surface area (Å²) >= 11 is 0. The van der Waals surface area contributed by atoms with Crippen LogP contribution in [0.1, 0.15) is 0 Å². The van der Waals surface area contributed by atoms with Gasteiger partial charge in [-0.15, -0.1) is 0 Å². The van der Waals surface area contributed by atoms with E-state index in [4.69, 9.17) is 4.74 Å². The largest absolute Gasteiger partial charge is 0.458 e. The molecule has 1 aromatic carbocycles. The Labute approximate surface area is 67.5 Å². The standard InChI is InChI=1S/C8H5F2NO/c9-5-1-2-6(10)8-7(5)11-3-4-12-8/h1-4,11H. The average molecular weight is 169 g/mol. The van der Waals surface area contributed by atoms with Gasteiger partial charge in [-0.1, -0.05) is 0 Å². The first-order valence-electron chi connectivity index (χ1n) is 3.35. The molecule has 0 radical (unpaired) electrons. The predicted molar refractivity (Wildman–Crippen MR) is 39.7 cm³/mol. The fourth-order valence-corrected chi connectivity index (χ4v) is 1.00. The molecule has 0 saturated carbocycles. The molecule has 62 valence electrons. The van der Waals surface area contributed by atoms with Gasteiger partial charge >= 0.3 is 0 Å². The molecule has 0 spiro atoms. The maximum Gasteiger partial charge on any atom is 0.188 e. The summed E-state index contributed by atoms with van der Waals surface area (Å²) in [5.74, 6) is -1.21. The third-order valence-corrected chi connectivity index (χ3v) is 1.54. The molecule has 0 aliphatic carbocycles. The minimum Gasteiger partial charge on any atom is -0.458 e. The number of fused-ring (bicyclic) bond motifs is 1. The monoisotopic (exact) mass is 169 g/mol. The van der Waals surface area contributed by atoms with Gasteiger partial charge in [-0.2, -0.15) is 0 Å². The van der Waals surface area contributed by atoms with Gasteiger partial charge in [0.1, 0.15) is 11.9 Å². The highest BCUT2D eigenvalue weighted by Crippen LogP contribution is 2.32. The number of halogens is 2. The zero-order valence-electron chi connectivity index (χ0n) is 5.97. The Kier molecular flexibility index (Phi) is 1.46. The Morgan fingerprint density at radius 2 is 1.92 bits per heavy atom. The van der Waals surface area contributed by atoms with Crippen LogP contribution in [0.5, 0.6) is 5.75 Å². The number of rotatable bonds is 0. The van der Waals surface area contributed by atoms with Crippen molar-refractivity contribution in [2.45, 2.75) is 0 Å². The number of hydrogen-bond acceptors (Lipinski definition) is 2. The van der Waals surface area contributed by atoms with Gasteiger partial charge in [-0.3, -0.25) is 0 Å². The van der Waals surface area contributed by atoms with Crippen LogP contribution >= 0.6 is 0 Å².